The normalized spacial score (nSPS) is 14.3. The van der Waals surface area contributed by atoms with Crippen LogP contribution in [-0.4, -0.2) is 25.6 Å². The lowest BCUT2D eigenvalue weighted by molar-refractivity contribution is -0.118. The van der Waals surface area contributed by atoms with Crippen molar-refractivity contribution in [3.8, 4) is 5.75 Å². The smallest absolute Gasteiger partial charge is 0.262 e. The molecule has 1 fully saturated rings. The molecule has 0 saturated carbocycles. The highest BCUT2D eigenvalue weighted by Crippen LogP contribution is 2.22. The minimum Gasteiger partial charge on any atom is -0.484 e. The third-order valence-corrected chi connectivity index (χ3v) is 4.79. The summed E-state index contributed by atoms with van der Waals surface area (Å²) in [6.07, 6.45) is 3.84. The number of benzene rings is 2. The molecule has 0 aromatic heterocycles. The molecule has 1 aliphatic heterocycles. The van der Waals surface area contributed by atoms with Crippen LogP contribution in [0, 0.1) is 0 Å². The fourth-order valence-electron chi connectivity index (χ4n) is 3.20. The second-order valence-corrected chi connectivity index (χ2v) is 7.16. The van der Waals surface area contributed by atoms with E-state index < -0.39 is 0 Å². The van der Waals surface area contributed by atoms with Gasteiger partial charge in [-0.15, -0.1) is 0 Å². The zero-order valence-electron chi connectivity index (χ0n) is 15.7. The summed E-state index contributed by atoms with van der Waals surface area (Å²) in [7, 11) is 0. The highest BCUT2D eigenvalue weighted by molar-refractivity contribution is 5.92. The van der Waals surface area contributed by atoms with Gasteiger partial charge in [0, 0.05) is 24.5 Å². The molecule has 0 unspecified atom stereocenters. The number of hydrogen-bond acceptors (Lipinski definition) is 3. The summed E-state index contributed by atoms with van der Waals surface area (Å²) < 4.78 is 5.57. The van der Waals surface area contributed by atoms with Crippen LogP contribution in [0.15, 0.2) is 48.5 Å². The molecule has 1 N–H and O–H groups in total. The molecule has 3 rings (SSSR count). The third kappa shape index (κ3) is 5.01. The molecular formula is C22H28N2O2. The monoisotopic (exact) mass is 352 g/mol. The molecule has 0 spiro atoms. The van der Waals surface area contributed by atoms with Crippen LogP contribution in [0.25, 0.3) is 0 Å². The number of amides is 1. The van der Waals surface area contributed by atoms with Crippen molar-refractivity contribution in [2.45, 2.75) is 39.0 Å². The topological polar surface area (TPSA) is 41.6 Å². The maximum Gasteiger partial charge on any atom is 0.262 e. The molecule has 1 saturated heterocycles. The molecule has 4 heteroatoms. The maximum atomic E-state index is 12.1. The van der Waals surface area contributed by atoms with Crippen LogP contribution in [0.5, 0.6) is 5.75 Å². The Bertz CT molecular complexity index is 702. The van der Waals surface area contributed by atoms with Gasteiger partial charge in [0.1, 0.15) is 5.75 Å². The van der Waals surface area contributed by atoms with Gasteiger partial charge in [0.15, 0.2) is 6.61 Å². The SMILES string of the molecule is CC(C)c1ccc(OCC(=O)Nc2ccc(N3CCCCC3)cc2)cc1. The molecule has 4 nitrogen and oxygen atoms in total. The number of nitrogens with one attached hydrogen (secondary N) is 1. The summed E-state index contributed by atoms with van der Waals surface area (Å²) in [5.41, 5.74) is 3.29. The summed E-state index contributed by atoms with van der Waals surface area (Å²) in [6.45, 7) is 6.55. The first kappa shape index (κ1) is 18.3. The average molecular weight is 352 g/mol. The molecule has 0 aliphatic carbocycles. The average Bonchev–Trinajstić information content (AvgIpc) is 2.68. The van der Waals surface area contributed by atoms with E-state index in [4.69, 9.17) is 4.74 Å². The second kappa shape index (κ2) is 8.75. The van der Waals surface area contributed by atoms with E-state index in [9.17, 15) is 4.79 Å². The number of carbonyl (C=O) groups is 1. The van der Waals surface area contributed by atoms with Crippen molar-refractivity contribution in [2.24, 2.45) is 0 Å². The molecule has 1 aliphatic rings. The molecule has 0 radical (unpaired) electrons. The van der Waals surface area contributed by atoms with Gasteiger partial charge in [-0.05, 0) is 67.1 Å². The minimum atomic E-state index is -0.149. The zero-order chi connectivity index (χ0) is 18.4. The Morgan fingerprint density at radius 1 is 1.00 bits per heavy atom. The Balaban J connectivity index is 1.48. The molecule has 1 heterocycles. The van der Waals surface area contributed by atoms with Gasteiger partial charge in [0.25, 0.3) is 5.91 Å². The van der Waals surface area contributed by atoms with E-state index in [1.807, 2.05) is 36.4 Å². The van der Waals surface area contributed by atoms with E-state index >= 15 is 0 Å². The van der Waals surface area contributed by atoms with E-state index in [0.29, 0.717) is 11.7 Å². The van der Waals surface area contributed by atoms with Gasteiger partial charge in [0.2, 0.25) is 0 Å². The van der Waals surface area contributed by atoms with E-state index in [-0.39, 0.29) is 12.5 Å². The van der Waals surface area contributed by atoms with Gasteiger partial charge in [-0.1, -0.05) is 26.0 Å². The van der Waals surface area contributed by atoms with Crippen molar-refractivity contribution < 1.29 is 9.53 Å². The van der Waals surface area contributed by atoms with Crippen molar-refractivity contribution in [1.82, 2.24) is 0 Å². The zero-order valence-corrected chi connectivity index (χ0v) is 15.7. The summed E-state index contributed by atoms with van der Waals surface area (Å²) in [5, 5.41) is 2.89. The predicted molar refractivity (Wildman–Crippen MR) is 107 cm³/mol. The molecule has 2 aromatic rings. The van der Waals surface area contributed by atoms with Crippen LogP contribution in [0.3, 0.4) is 0 Å². The lowest BCUT2D eigenvalue weighted by atomic mass is 10.0. The summed E-state index contributed by atoms with van der Waals surface area (Å²) >= 11 is 0. The Morgan fingerprint density at radius 2 is 1.65 bits per heavy atom. The highest BCUT2D eigenvalue weighted by Gasteiger charge is 2.11. The van der Waals surface area contributed by atoms with Gasteiger partial charge in [0.05, 0.1) is 0 Å². The second-order valence-electron chi connectivity index (χ2n) is 7.16. The van der Waals surface area contributed by atoms with Gasteiger partial charge in [-0.2, -0.15) is 0 Å². The van der Waals surface area contributed by atoms with Crippen LogP contribution in [0.1, 0.15) is 44.6 Å². The first-order chi connectivity index (χ1) is 12.6. The largest absolute Gasteiger partial charge is 0.484 e. The van der Waals surface area contributed by atoms with E-state index in [0.717, 1.165) is 18.8 Å². The molecular weight excluding hydrogens is 324 g/mol. The number of piperidine rings is 1. The number of ether oxygens (including phenoxy) is 1. The lowest BCUT2D eigenvalue weighted by Crippen LogP contribution is -2.29. The van der Waals surface area contributed by atoms with Crippen molar-refractivity contribution in [3.05, 3.63) is 54.1 Å². The van der Waals surface area contributed by atoms with Crippen LogP contribution < -0.4 is 15.0 Å². The van der Waals surface area contributed by atoms with Crippen LogP contribution in [0.2, 0.25) is 0 Å². The van der Waals surface area contributed by atoms with Crippen molar-refractivity contribution in [1.29, 1.82) is 0 Å². The molecule has 0 bridgehead atoms. The standard InChI is InChI=1S/C22H28N2O2/c1-17(2)18-6-12-21(13-7-18)26-16-22(25)23-19-8-10-20(11-9-19)24-14-4-3-5-15-24/h6-13,17H,3-5,14-16H2,1-2H3,(H,23,25). The number of hydrogen-bond donors (Lipinski definition) is 1. The first-order valence-electron chi connectivity index (χ1n) is 9.49. The van der Waals surface area contributed by atoms with Gasteiger partial charge >= 0.3 is 0 Å². The number of carbonyl (C=O) groups excluding carboxylic acids is 1. The fraction of sp³-hybridized carbons (Fsp3) is 0.409. The Kier molecular flexibility index (Phi) is 6.16. The molecule has 1 amide bonds. The van der Waals surface area contributed by atoms with E-state index in [2.05, 4.69) is 36.2 Å². The first-order valence-corrected chi connectivity index (χ1v) is 9.49. The summed E-state index contributed by atoms with van der Waals surface area (Å²) in [5.74, 6) is 1.05. The molecule has 0 atom stereocenters. The summed E-state index contributed by atoms with van der Waals surface area (Å²) in [4.78, 5) is 14.5. The number of nitrogens with zero attached hydrogens (tertiary/aromatic N) is 1. The lowest BCUT2D eigenvalue weighted by Gasteiger charge is -2.28. The molecule has 26 heavy (non-hydrogen) atoms. The van der Waals surface area contributed by atoms with E-state index in [1.54, 1.807) is 0 Å². The van der Waals surface area contributed by atoms with Gasteiger partial charge < -0.3 is 15.0 Å². The van der Waals surface area contributed by atoms with Gasteiger partial charge in [-0.25, -0.2) is 0 Å². The number of rotatable bonds is 6. The Morgan fingerprint density at radius 3 is 2.27 bits per heavy atom. The van der Waals surface area contributed by atoms with Crippen LogP contribution in [-0.2, 0) is 4.79 Å². The Hall–Kier alpha value is -2.49. The van der Waals surface area contributed by atoms with E-state index in [1.165, 1.54) is 30.5 Å². The molecule has 138 valence electrons. The van der Waals surface area contributed by atoms with Crippen LogP contribution >= 0.6 is 0 Å². The summed E-state index contributed by atoms with van der Waals surface area (Å²) in [6, 6.07) is 16.0. The number of anilines is 2. The Labute approximate surface area is 156 Å². The fourth-order valence-corrected chi connectivity index (χ4v) is 3.20. The molecule has 2 aromatic carbocycles. The van der Waals surface area contributed by atoms with Crippen LogP contribution in [0.4, 0.5) is 11.4 Å². The highest BCUT2D eigenvalue weighted by atomic mass is 16.5. The maximum absolute atomic E-state index is 12.1. The van der Waals surface area contributed by atoms with Crippen molar-refractivity contribution in [3.63, 3.8) is 0 Å². The minimum absolute atomic E-state index is 0.00883. The quantitative estimate of drug-likeness (QED) is 0.810. The van der Waals surface area contributed by atoms with Crippen molar-refractivity contribution in [2.75, 3.05) is 29.9 Å². The van der Waals surface area contributed by atoms with Crippen molar-refractivity contribution >= 4 is 17.3 Å². The van der Waals surface area contributed by atoms with Gasteiger partial charge in [-0.3, -0.25) is 4.79 Å². The third-order valence-electron chi connectivity index (χ3n) is 4.79. The predicted octanol–water partition coefficient (Wildman–Crippen LogP) is 4.82.